The molecule has 28 heavy (non-hydrogen) atoms. The second-order valence-electron chi connectivity index (χ2n) is 8.28. The molecule has 0 aromatic heterocycles. The van der Waals surface area contributed by atoms with Gasteiger partial charge in [0.25, 0.3) is 0 Å². The van der Waals surface area contributed by atoms with Gasteiger partial charge >= 0.3 is 18.2 Å². The van der Waals surface area contributed by atoms with E-state index in [1.54, 1.807) is 4.90 Å². The van der Waals surface area contributed by atoms with Crippen molar-refractivity contribution >= 4 is 12.0 Å². The summed E-state index contributed by atoms with van der Waals surface area (Å²) < 4.78 is 48.7. The van der Waals surface area contributed by atoms with Gasteiger partial charge in [-0.15, -0.1) is 0 Å². The van der Waals surface area contributed by atoms with Crippen molar-refractivity contribution in [2.24, 2.45) is 0 Å². The van der Waals surface area contributed by atoms with Crippen LogP contribution in [0.4, 0.5) is 18.0 Å². The fourth-order valence-electron chi connectivity index (χ4n) is 3.32. The molecular weight excluding hydrogens is 379 g/mol. The maximum Gasteiger partial charge on any atom is 0.471 e. The average molecular weight is 409 g/mol. The second-order valence-corrected chi connectivity index (χ2v) is 8.28. The Morgan fingerprint density at radius 2 is 1.79 bits per heavy atom. The van der Waals surface area contributed by atoms with Crippen LogP contribution in [-0.4, -0.2) is 73.1 Å². The molecule has 0 spiro atoms. The standard InChI is InChI=1S/C18H30F3N3O4/c1-17(2,3)28-16(26)24-9-6-12(7-10-24)27-11-14-13(5-4-8-22-14)23-15(25)18(19,20)21/h12-14,22H,4-11H2,1-3H3,(H,23,25)/t13-,14-/m1/s1. The van der Waals surface area contributed by atoms with Gasteiger partial charge in [-0.1, -0.05) is 0 Å². The van der Waals surface area contributed by atoms with Crippen molar-refractivity contribution in [3.8, 4) is 0 Å². The van der Waals surface area contributed by atoms with Gasteiger partial charge in [-0.05, 0) is 53.0 Å². The minimum Gasteiger partial charge on any atom is -0.444 e. The Hall–Kier alpha value is -1.55. The van der Waals surface area contributed by atoms with Gasteiger partial charge < -0.3 is 25.0 Å². The maximum absolute atomic E-state index is 12.5. The molecule has 0 aromatic carbocycles. The Labute approximate surface area is 163 Å². The maximum atomic E-state index is 12.5. The van der Waals surface area contributed by atoms with E-state index in [1.807, 2.05) is 20.8 Å². The predicted molar refractivity (Wildman–Crippen MR) is 95.8 cm³/mol. The molecule has 2 heterocycles. The Balaban J connectivity index is 1.77. The molecule has 0 radical (unpaired) electrons. The predicted octanol–water partition coefficient (Wildman–Crippen LogP) is 2.20. The normalized spacial score (nSPS) is 24.7. The molecule has 2 saturated heterocycles. The van der Waals surface area contributed by atoms with Crippen LogP contribution in [0, 0.1) is 0 Å². The van der Waals surface area contributed by atoms with Crippen molar-refractivity contribution in [2.75, 3.05) is 26.2 Å². The quantitative estimate of drug-likeness (QED) is 0.744. The third kappa shape index (κ3) is 7.12. The van der Waals surface area contributed by atoms with Gasteiger partial charge in [-0.3, -0.25) is 4.79 Å². The molecule has 10 heteroatoms. The number of likely N-dealkylation sites (tertiary alicyclic amines) is 1. The molecule has 2 rings (SSSR count). The molecule has 2 atom stereocenters. The number of carbonyl (C=O) groups is 2. The van der Waals surface area contributed by atoms with Crippen LogP contribution in [0.3, 0.4) is 0 Å². The smallest absolute Gasteiger partial charge is 0.444 e. The van der Waals surface area contributed by atoms with E-state index in [1.165, 1.54) is 0 Å². The molecule has 2 aliphatic rings. The number of amides is 2. The van der Waals surface area contributed by atoms with E-state index in [0.717, 1.165) is 0 Å². The Bertz CT molecular complexity index is 543. The van der Waals surface area contributed by atoms with Gasteiger partial charge in [-0.25, -0.2) is 4.79 Å². The number of alkyl halides is 3. The van der Waals surface area contributed by atoms with Crippen molar-refractivity contribution in [3.05, 3.63) is 0 Å². The molecule has 0 unspecified atom stereocenters. The number of hydrogen-bond donors (Lipinski definition) is 2. The fourth-order valence-corrected chi connectivity index (χ4v) is 3.32. The lowest BCUT2D eigenvalue weighted by atomic mass is 9.98. The van der Waals surface area contributed by atoms with Crippen molar-refractivity contribution in [1.29, 1.82) is 0 Å². The summed E-state index contributed by atoms with van der Waals surface area (Å²) in [7, 11) is 0. The van der Waals surface area contributed by atoms with Crippen LogP contribution in [-0.2, 0) is 14.3 Å². The molecule has 0 saturated carbocycles. The molecule has 0 aromatic rings. The molecule has 2 fully saturated rings. The third-order valence-electron chi connectivity index (χ3n) is 4.76. The fraction of sp³-hybridized carbons (Fsp3) is 0.889. The lowest BCUT2D eigenvalue weighted by molar-refractivity contribution is -0.175. The topological polar surface area (TPSA) is 79.9 Å². The number of halogens is 3. The Morgan fingerprint density at radius 1 is 1.14 bits per heavy atom. The number of carbonyl (C=O) groups excluding carboxylic acids is 2. The van der Waals surface area contributed by atoms with E-state index in [-0.39, 0.29) is 24.8 Å². The van der Waals surface area contributed by atoms with Crippen LogP contribution >= 0.6 is 0 Å². The van der Waals surface area contributed by atoms with Gasteiger partial charge in [-0.2, -0.15) is 13.2 Å². The van der Waals surface area contributed by atoms with Crippen molar-refractivity contribution in [3.63, 3.8) is 0 Å². The van der Waals surface area contributed by atoms with Gasteiger partial charge in [0.1, 0.15) is 5.60 Å². The first-order valence-electron chi connectivity index (χ1n) is 9.66. The highest BCUT2D eigenvalue weighted by atomic mass is 19.4. The molecule has 7 nitrogen and oxygen atoms in total. The average Bonchev–Trinajstić information content (AvgIpc) is 2.59. The number of nitrogens with one attached hydrogen (secondary N) is 2. The largest absolute Gasteiger partial charge is 0.471 e. The highest BCUT2D eigenvalue weighted by molar-refractivity contribution is 5.82. The number of rotatable bonds is 4. The van der Waals surface area contributed by atoms with Gasteiger partial charge in [0, 0.05) is 19.1 Å². The van der Waals surface area contributed by atoms with Gasteiger partial charge in [0.15, 0.2) is 0 Å². The van der Waals surface area contributed by atoms with Crippen LogP contribution in [0.25, 0.3) is 0 Å². The summed E-state index contributed by atoms with van der Waals surface area (Å²) in [4.78, 5) is 24.9. The first kappa shape index (κ1) is 22.7. The third-order valence-corrected chi connectivity index (χ3v) is 4.76. The number of piperidine rings is 2. The lowest BCUT2D eigenvalue weighted by Gasteiger charge is -2.36. The van der Waals surface area contributed by atoms with Crippen LogP contribution < -0.4 is 10.6 Å². The summed E-state index contributed by atoms with van der Waals surface area (Å²) >= 11 is 0. The summed E-state index contributed by atoms with van der Waals surface area (Å²) in [6.45, 7) is 7.32. The van der Waals surface area contributed by atoms with Gasteiger partial charge in [0.2, 0.25) is 0 Å². The van der Waals surface area contributed by atoms with Crippen molar-refractivity contribution < 1.29 is 32.2 Å². The van der Waals surface area contributed by atoms with E-state index >= 15 is 0 Å². The van der Waals surface area contributed by atoms with E-state index in [4.69, 9.17) is 9.47 Å². The van der Waals surface area contributed by atoms with Crippen LogP contribution in [0.1, 0.15) is 46.5 Å². The van der Waals surface area contributed by atoms with Crippen LogP contribution in [0.5, 0.6) is 0 Å². The zero-order valence-electron chi connectivity index (χ0n) is 16.6. The molecule has 2 aliphatic heterocycles. The SMILES string of the molecule is CC(C)(C)OC(=O)N1CCC(OC[C@H]2NCCC[C@H]2NC(=O)C(F)(F)F)CC1. The molecule has 2 N–H and O–H groups in total. The molecular formula is C18H30F3N3O4. The highest BCUT2D eigenvalue weighted by Gasteiger charge is 2.41. The zero-order valence-corrected chi connectivity index (χ0v) is 16.6. The molecule has 0 bridgehead atoms. The minimum absolute atomic E-state index is 0.0821. The summed E-state index contributed by atoms with van der Waals surface area (Å²) in [5, 5.41) is 5.19. The van der Waals surface area contributed by atoms with Crippen molar-refractivity contribution in [1.82, 2.24) is 15.5 Å². The van der Waals surface area contributed by atoms with E-state index in [2.05, 4.69) is 10.6 Å². The Kier molecular flexibility index (Phi) is 7.55. The summed E-state index contributed by atoms with van der Waals surface area (Å²) in [5.41, 5.74) is -0.549. The second kappa shape index (κ2) is 9.30. The number of hydrogen-bond acceptors (Lipinski definition) is 5. The number of ether oxygens (including phenoxy) is 2. The van der Waals surface area contributed by atoms with E-state index < -0.39 is 23.7 Å². The van der Waals surface area contributed by atoms with E-state index in [0.29, 0.717) is 45.3 Å². The first-order chi connectivity index (χ1) is 13.0. The zero-order chi connectivity index (χ0) is 20.9. The first-order valence-corrected chi connectivity index (χ1v) is 9.66. The summed E-state index contributed by atoms with van der Waals surface area (Å²) in [6, 6.07) is -0.992. The van der Waals surface area contributed by atoms with Gasteiger partial charge in [0.05, 0.1) is 18.8 Å². The summed E-state index contributed by atoms with van der Waals surface area (Å²) in [5.74, 6) is -1.92. The Morgan fingerprint density at radius 3 is 2.36 bits per heavy atom. The molecule has 2 amide bonds. The number of nitrogens with zero attached hydrogens (tertiary/aromatic N) is 1. The van der Waals surface area contributed by atoms with Crippen molar-refractivity contribution in [2.45, 2.75) is 76.4 Å². The van der Waals surface area contributed by atoms with Crippen LogP contribution in [0.15, 0.2) is 0 Å². The minimum atomic E-state index is -4.89. The monoisotopic (exact) mass is 409 g/mol. The highest BCUT2D eigenvalue weighted by Crippen LogP contribution is 2.20. The lowest BCUT2D eigenvalue weighted by Crippen LogP contribution is -2.57. The molecule has 0 aliphatic carbocycles. The van der Waals surface area contributed by atoms with E-state index in [9.17, 15) is 22.8 Å². The van der Waals surface area contributed by atoms with Crippen LogP contribution in [0.2, 0.25) is 0 Å². The molecule has 162 valence electrons. The summed E-state index contributed by atoms with van der Waals surface area (Å²) in [6.07, 6.45) is -2.90.